The lowest BCUT2D eigenvalue weighted by Crippen LogP contribution is -2.38. The number of benzene rings is 1. The van der Waals surface area contributed by atoms with Crippen LogP contribution in [0.2, 0.25) is 10.0 Å². The van der Waals surface area contributed by atoms with E-state index >= 15 is 0 Å². The second kappa shape index (κ2) is 8.39. The van der Waals surface area contributed by atoms with Crippen LogP contribution in [0.3, 0.4) is 0 Å². The summed E-state index contributed by atoms with van der Waals surface area (Å²) in [5.74, 6) is 1.26. The maximum absolute atomic E-state index is 12.3. The second-order valence-electron chi connectivity index (χ2n) is 6.00. The standard InChI is InChI=1S/C16H17Cl2N3OS3/c1-10-4-6-20(7-5-10)14(22)9-24-15-19-21(16(23)25-15)11-2-3-12(17)13(18)8-11/h2-3,8,10H,4-7,9H2,1H3. The Morgan fingerprint density at radius 3 is 2.76 bits per heavy atom. The zero-order valence-electron chi connectivity index (χ0n) is 13.6. The van der Waals surface area contributed by atoms with E-state index in [0.29, 0.717) is 25.7 Å². The fourth-order valence-corrected chi connectivity index (χ4v) is 5.13. The highest BCUT2D eigenvalue weighted by molar-refractivity contribution is 8.01. The SMILES string of the molecule is CC1CCN(C(=O)CSc2nn(-c3ccc(Cl)c(Cl)c3)c(=S)s2)CC1. The van der Waals surface area contributed by atoms with Crippen molar-refractivity contribution in [3.8, 4) is 5.69 Å². The Labute approximate surface area is 170 Å². The first-order valence-corrected chi connectivity index (χ1v) is 10.9. The molecular weight excluding hydrogens is 417 g/mol. The van der Waals surface area contributed by atoms with Gasteiger partial charge >= 0.3 is 0 Å². The van der Waals surface area contributed by atoms with Crippen LogP contribution in [0, 0.1) is 9.87 Å². The van der Waals surface area contributed by atoms with Gasteiger partial charge in [-0.1, -0.05) is 53.2 Å². The number of likely N-dealkylation sites (tertiary alicyclic amines) is 1. The van der Waals surface area contributed by atoms with Crippen molar-refractivity contribution in [2.75, 3.05) is 18.8 Å². The maximum Gasteiger partial charge on any atom is 0.233 e. The normalized spacial score (nSPS) is 15.6. The number of piperidine rings is 1. The Kier molecular flexibility index (Phi) is 6.44. The third-order valence-electron chi connectivity index (χ3n) is 4.13. The van der Waals surface area contributed by atoms with Gasteiger partial charge in [0.25, 0.3) is 0 Å². The average molecular weight is 434 g/mol. The van der Waals surface area contributed by atoms with E-state index in [2.05, 4.69) is 12.0 Å². The van der Waals surface area contributed by atoms with E-state index in [1.54, 1.807) is 16.8 Å². The zero-order valence-corrected chi connectivity index (χ0v) is 17.5. The van der Waals surface area contributed by atoms with Crippen LogP contribution in [0.15, 0.2) is 22.5 Å². The van der Waals surface area contributed by atoms with Crippen molar-refractivity contribution < 1.29 is 4.79 Å². The van der Waals surface area contributed by atoms with Crippen molar-refractivity contribution in [3.05, 3.63) is 32.2 Å². The summed E-state index contributed by atoms with van der Waals surface area (Å²) in [6.07, 6.45) is 2.17. The molecule has 4 nitrogen and oxygen atoms in total. The molecule has 9 heteroatoms. The molecule has 0 bridgehead atoms. The summed E-state index contributed by atoms with van der Waals surface area (Å²) in [5.41, 5.74) is 0.763. The van der Waals surface area contributed by atoms with Crippen LogP contribution in [-0.4, -0.2) is 39.4 Å². The number of hydrogen-bond acceptors (Lipinski definition) is 5. The van der Waals surface area contributed by atoms with Gasteiger partial charge in [-0.15, -0.1) is 5.10 Å². The van der Waals surface area contributed by atoms with Crippen LogP contribution in [0.4, 0.5) is 0 Å². The first kappa shape index (κ1) is 19.2. The monoisotopic (exact) mass is 433 g/mol. The highest BCUT2D eigenvalue weighted by Gasteiger charge is 2.20. The lowest BCUT2D eigenvalue weighted by atomic mass is 9.99. The van der Waals surface area contributed by atoms with E-state index in [-0.39, 0.29) is 5.91 Å². The maximum atomic E-state index is 12.3. The third-order valence-corrected chi connectivity index (χ3v) is 7.22. The molecule has 0 aliphatic carbocycles. The van der Waals surface area contributed by atoms with Crippen LogP contribution in [0.25, 0.3) is 5.69 Å². The van der Waals surface area contributed by atoms with E-state index in [4.69, 9.17) is 35.4 Å². The van der Waals surface area contributed by atoms with E-state index in [1.165, 1.54) is 23.1 Å². The molecule has 0 N–H and O–H groups in total. The van der Waals surface area contributed by atoms with Gasteiger partial charge in [0.1, 0.15) is 0 Å². The van der Waals surface area contributed by atoms with Crippen LogP contribution in [-0.2, 0) is 4.79 Å². The van der Waals surface area contributed by atoms with Gasteiger partial charge in [-0.2, -0.15) is 0 Å². The molecule has 2 aromatic rings. The second-order valence-corrected chi connectivity index (χ2v) is 9.66. The Morgan fingerprint density at radius 1 is 1.36 bits per heavy atom. The van der Waals surface area contributed by atoms with E-state index in [0.717, 1.165) is 36.0 Å². The molecule has 0 unspecified atom stereocenters. The fraction of sp³-hybridized carbons (Fsp3) is 0.438. The van der Waals surface area contributed by atoms with Gasteiger partial charge in [0, 0.05) is 13.1 Å². The Morgan fingerprint density at radius 2 is 2.08 bits per heavy atom. The predicted octanol–water partition coefficient (Wildman–Crippen LogP) is 5.32. The summed E-state index contributed by atoms with van der Waals surface area (Å²) >= 11 is 20.2. The first-order valence-electron chi connectivity index (χ1n) is 7.90. The molecule has 3 rings (SSSR count). The van der Waals surface area contributed by atoms with E-state index in [9.17, 15) is 4.79 Å². The number of amides is 1. The molecule has 0 spiro atoms. The molecule has 0 radical (unpaired) electrons. The summed E-state index contributed by atoms with van der Waals surface area (Å²) in [7, 11) is 0. The van der Waals surface area contributed by atoms with Crippen molar-refractivity contribution in [1.29, 1.82) is 0 Å². The molecule has 0 saturated carbocycles. The summed E-state index contributed by atoms with van der Waals surface area (Å²) in [6, 6.07) is 5.26. The Balaban J connectivity index is 1.65. The number of rotatable bonds is 4. The highest BCUT2D eigenvalue weighted by Crippen LogP contribution is 2.28. The largest absolute Gasteiger partial charge is 0.342 e. The van der Waals surface area contributed by atoms with Crippen molar-refractivity contribution >= 4 is 64.4 Å². The number of carbonyl (C=O) groups is 1. The van der Waals surface area contributed by atoms with Crippen LogP contribution in [0.5, 0.6) is 0 Å². The van der Waals surface area contributed by atoms with Gasteiger partial charge in [0.15, 0.2) is 8.29 Å². The van der Waals surface area contributed by atoms with Gasteiger partial charge in [0.05, 0.1) is 21.5 Å². The molecule has 25 heavy (non-hydrogen) atoms. The van der Waals surface area contributed by atoms with Gasteiger partial charge in [-0.05, 0) is 49.2 Å². The Hall–Kier alpha value is -0.600. The van der Waals surface area contributed by atoms with E-state index in [1.807, 2.05) is 11.0 Å². The lowest BCUT2D eigenvalue weighted by Gasteiger charge is -2.30. The smallest absolute Gasteiger partial charge is 0.233 e. The van der Waals surface area contributed by atoms with Gasteiger partial charge in [-0.25, -0.2) is 4.68 Å². The highest BCUT2D eigenvalue weighted by atomic mass is 35.5. The molecule has 1 aromatic heterocycles. The number of hydrogen-bond donors (Lipinski definition) is 0. The third kappa shape index (κ3) is 4.77. The molecule has 1 aliphatic heterocycles. The fourth-order valence-electron chi connectivity index (χ4n) is 2.57. The van der Waals surface area contributed by atoms with E-state index < -0.39 is 0 Å². The zero-order chi connectivity index (χ0) is 18.0. The summed E-state index contributed by atoms with van der Waals surface area (Å²) in [6.45, 7) is 3.95. The average Bonchev–Trinajstić information content (AvgIpc) is 2.96. The lowest BCUT2D eigenvalue weighted by molar-refractivity contribution is -0.129. The molecule has 1 amide bonds. The number of halogens is 2. The molecule has 0 atom stereocenters. The number of carbonyl (C=O) groups excluding carboxylic acids is 1. The minimum absolute atomic E-state index is 0.166. The van der Waals surface area contributed by atoms with Crippen molar-refractivity contribution in [1.82, 2.24) is 14.7 Å². The molecule has 1 saturated heterocycles. The van der Waals surface area contributed by atoms with Crippen molar-refractivity contribution in [2.45, 2.75) is 24.1 Å². The molecular formula is C16H17Cl2N3OS3. The van der Waals surface area contributed by atoms with Crippen molar-refractivity contribution in [2.24, 2.45) is 5.92 Å². The Bertz CT molecular complexity index is 828. The number of nitrogens with zero attached hydrogens (tertiary/aromatic N) is 3. The number of thioether (sulfide) groups is 1. The van der Waals surface area contributed by atoms with Crippen LogP contribution in [0.1, 0.15) is 19.8 Å². The molecule has 2 heterocycles. The van der Waals surface area contributed by atoms with Crippen LogP contribution < -0.4 is 0 Å². The number of aromatic nitrogens is 2. The molecule has 1 fully saturated rings. The van der Waals surface area contributed by atoms with Gasteiger partial charge < -0.3 is 4.90 Å². The minimum Gasteiger partial charge on any atom is -0.342 e. The molecule has 1 aliphatic rings. The minimum atomic E-state index is 0.166. The quantitative estimate of drug-likeness (QED) is 0.482. The molecule has 134 valence electrons. The topological polar surface area (TPSA) is 38.1 Å². The first-order chi connectivity index (χ1) is 11.9. The predicted molar refractivity (Wildman–Crippen MR) is 108 cm³/mol. The van der Waals surface area contributed by atoms with Crippen LogP contribution >= 0.6 is 58.5 Å². The summed E-state index contributed by atoms with van der Waals surface area (Å²) in [5, 5.41) is 5.45. The summed E-state index contributed by atoms with van der Waals surface area (Å²) < 4.78 is 3.03. The van der Waals surface area contributed by atoms with Crippen molar-refractivity contribution in [3.63, 3.8) is 0 Å². The van der Waals surface area contributed by atoms with Gasteiger partial charge in [-0.3, -0.25) is 4.79 Å². The molecule has 1 aromatic carbocycles. The summed E-state index contributed by atoms with van der Waals surface area (Å²) in [4.78, 5) is 14.3. The van der Waals surface area contributed by atoms with Gasteiger partial charge in [0.2, 0.25) is 5.91 Å².